The number of carbonyl (C=O) groups is 1. The van der Waals surface area contributed by atoms with Gasteiger partial charge in [-0.15, -0.1) is 0 Å². The van der Waals surface area contributed by atoms with Gasteiger partial charge in [0.1, 0.15) is 12.4 Å². The molecule has 3 aromatic carbocycles. The van der Waals surface area contributed by atoms with Crippen LogP contribution in [0, 0.1) is 0 Å². The second kappa shape index (κ2) is 11.9. The summed E-state index contributed by atoms with van der Waals surface area (Å²) in [4.78, 5) is 12.0. The highest BCUT2D eigenvalue weighted by molar-refractivity contribution is 7.90. The highest BCUT2D eigenvalue weighted by atomic mass is 32.2. The Balaban J connectivity index is 1.40. The molecule has 0 aliphatic heterocycles. The van der Waals surface area contributed by atoms with Crippen molar-refractivity contribution in [1.82, 2.24) is 5.32 Å². The van der Waals surface area contributed by atoms with Crippen molar-refractivity contribution in [3.8, 4) is 5.75 Å². The van der Waals surface area contributed by atoms with E-state index >= 15 is 0 Å². The van der Waals surface area contributed by atoms with Crippen molar-refractivity contribution in [2.75, 3.05) is 12.3 Å². The molecule has 0 saturated carbocycles. The fourth-order valence-electron chi connectivity index (χ4n) is 3.08. The summed E-state index contributed by atoms with van der Waals surface area (Å²) < 4.78 is 30.2. The van der Waals surface area contributed by atoms with Crippen LogP contribution in [0.5, 0.6) is 5.75 Å². The first-order valence-electron chi connectivity index (χ1n) is 10.5. The van der Waals surface area contributed by atoms with E-state index in [2.05, 4.69) is 5.32 Å². The molecular weight excluding hydrogens is 422 g/mol. The first-order chi connectivity index (χ1) is 15.5. The predicted molar refractivity (Wildman–Crippen MR) is 128 cm³/mol. The molecule has 0 aliphatic carbocycles. The average Bonchev–Trinajstić information content (AvgIpc) is 2.80. The maximum atomic E-state index is 12.2. The predicted octanol–water partition coefficient (Wildman–Crippen LogP) is 4.40. The Bertz CT molecular complexity index is 1130. The monoisotopic (exact) mass is 449 g/mol. The van der Waals surface area contributed by atoms with E-state index in [4.69, 9.17) is 4.74 Å². The lowest BCUT2D eigenvalue weighted by molar-refractivity contribution is -0.116. The summed E-state index contributed by atoms with van der Waals surface area (Å²) >= 11 is 0. The zero-order chi connectivity index (χ0) is 22.7. The van der Waals surface area contributed by atoms with Gasteiger partial charge in [-0.05, 0) is 41.3 Å². The molecule has 0 aliphatic rings. The maximum absolute atomic E-state index is 12.2. The molecule has 0 spiro atoms. The first-order valence-corrected chi connectivity index (χ1v) is 12.3. The Morgan fingerprint density at radius 2 is 1.56 bits per heavy atom. The van der Waals surface area contributed by atoms with E-state index in [1.165, 1.54) is 6.08 Å². The van der Waals surface area contributed by atoms with E-state index in [0.717, 1.165) is 22.4 Å². The van der Waals surface area contributed by atoms with E-state index in [-0.39, 0.29) is 17.4 Å². The lowest BCUT2D eigenvalue weighted by Crippen LogP contribution is -2.24. The molecule has 166 valence electrons. The molecule has 0 heterocycles. The molecule has 3 rings (SSSR count). The number of sulfone groups is 1. The highest BCUT2D eigenvalue weighted by Gasteiger charge is 2.11. The van der Waals surface area contributed by atoms with Crippen LogP contribution < -0.4 is 10.1 Å². The minimum atomic E-state index is -3.20. The van der Waals surface area contributed by atoms with Gasteiger partial charge in [0, 0.05) is 12.6 Å². The Labute approximate surface area is 189 Å². The van der Waals surface area contributed by atoms with Crippen LogP contribution in [0.15, 0.2) is 91.0 Å². The van der Waals surface area contributed by atoms with Crippen LogP contribution in [0.1, 0.15) is 23.1 Å². The lowest BCUT2D eigenvalue weighted by atomic mass is 10.2. The van der Waals surface area contributed by atoms with Crippen molar-refractivity contribution in [2.45, 2.75) is 18.8 Å². The number of hydrogen-bond donors (Lipinski definition) is 1. The van der Waals surface area contributed by atoms with Crippen LogP contribution >= 0.6 is 0 Å². The van der Waals surface area contributed by atoms with Gasteiger partial charge in [-0.3, -0.25) is 4.79 Å². The Morgan fingerprint density at radius 1 is 0.875 bits per heavy atom. The van der Waals surface area contributed by atoms with Crippen LogP contribution in [0.25, 0.3) is 6.08 Å². The second-order valence-electron chi connectivity index (χ2n) is 7.40. The summed E-state index contributed by atoms with van der Waals surface area (Å²) in [6.07, 6.45) is 3.52. The van der Waals surface area contributed by atoms with Gasteiger partial charge in [0.25, 0.3) is 0 Å². The summed E-state index contributed by atoms with van der Waals surface area (Å²) in [5.74, 6) is 0.512. The summed E-state index contributed by atoms with van der Waals surface area (Å²) in [5.41, 5.74) is 2.70. The first kappa shape index (κ1) is 23.3. The van der Waals surface area contributed by atoms with Crippen LogP contribution in [0.2, 0.25) is 0 Å². The van der Waals surface area contributed by atoms with Gasteiger partial charge in [-0.2, -0.15) is 0 Å². The molecule has 1 N–H and O–H groups in total. The third-order valence-corrected chi connectivity index (χ3v) is 6.38. The van der Waals surface area contributed by atoms with E-state index < -0.39 is 9.84 Å². The van der Waals surface area contributed by atoms with Crippen molar-refractivity contribution in [2.24, 2.45) is 0 Å². The highest BCUT2D eigenvalue weighted by Crippen LogP contribution is 2.16. The summed E-state index contributed by atoms with van der Waals surface area (Å²) in [5, 5.41) is 2.73. The molecule has 3 aromatic rings. The largest absolute Gasteiger partial charge is 0.489 e. The SMILES string of the molecule is O=C(C=Cc1cccc(OCc2ccccc2)c1)NCCCS(=O)(=O)Cc1ccccc1. The van der Waals surface area contributed by atoms with Crippen molar-refractivity contribution < 1.29 is 17.9 Å². The fourth-order valence-corrected chi connectivity index (χ4v) is 4.51. The number of carbonyl (C=O) groups excluding carboxylic acids is 1. The lowest BCUT2D eigenvalue weighted by Gasteiger charge is -2.07. The molecule has 0 saturated heterocycles. The zero-order valence-electron chi connectivity index (χ0n) is 17.8. The number of nitrogens with one attached hydrogen (secondary N) is 1. The molecule has 0 radical (unpaired) electrons. The minimum Gasteiger partial charge on any atom is -0.489 e. The molecule has 0 unspecified atom stereocenters. The van der Waals surface area contributed by atoms with Gasteiger partial charge in [-0.1, -0.05) is 72.8 Å². The fraction of sp³-hybridized carbons (Fsp3) is 0.192. The summed E-state index contributed by atoms with van der Waals surface area (Å²) in [7, 11) is -3.20. The Morgan fingerprint density at radius 3 is 2.28 bits per heavy atom. The van der Waals surface area contributed by atoms with Gasteiger partial charge in [0.15, 0.2) is 9.84 Å². The number of benzene rings is 3. The molecule has 0 fully saturated rings. The van der Waals surface area contributed by atoms with E-state index in [1.807, 2.05) is 72.8 Å². The number of rotatable bonds is 11. The second-order valence-corrected chi connectivity index (χ2v) is 9.59. The number of ether oxygens (including phenoxy) is 1. The molecule has 0 aromatic heterocycles. The molecule has 0 atom stereocenters. The molecule has 0 bridgehead atoms. The third-order valence-electron chi connectivity index (χ3n) is 4.69. The van der Waals surface area contributed by atoms with E-state index in [1.54, 1.807) is 18.2 Å². The normalized spacial score (nSPS) is 11.4. The van der Waals surface area contributed by atoms with Crippen LogP contribution in [-0.2, 0) is 27.0 Å². The van der Waals surface area contributed by atoms with Crippen molar-refractivity contribution >= 4 is 21.8 Å². The van der Waals surface area contributed by atoms with E-state index in [0.29, 0.717) is 19.6 Å². The third kappa shape index (κ3) is 8.40. The van der Waals surface area contributed by atoms with Crippen LogP contribution in [0.4, 0.5) is 0 Å². The maximum Gasteiger partial charge on any atom is 0.243 e. The van der Waals surface area contributed by atoms with E-state index in [9.17, 15) is 13.2 Å². The summed E-state index contributed by atoms with van der Waals surface area (Å²) in [6, 6.07) is 26.5. The van der Waals surface area contributed by atoms with Crippen molar-refractivity contribution in [3.05, 3.63) is 108 Å². The quantitative estimate of drug-likeness (QED) is 0.348. The van der Waals surface area contributed by atoms with Gasteiger partial charge < -0.3 is 10.1 Å². The smallest absolute Gasteiger partial charge is 0.243 e. The Kier molecular flexibility index (Phi) is 8.63. The van der Waals surface area contributed by atoms with Crippen LogP contribution in [0.3, 0.4) is 0 Å². The molecule has 1 amide bonds. The van der Waals surface area contributed by atoms with Crippen LogP contribution in [-0.4, -0.2) is 26.6 Å². The van der Waals surface area contributed by atoms with Crippen molar-refractivity contribution in [3.63, 3.8) is 0 Å². The van der Waals surface area contributed by atoms with Gasteiger partial charge in [-0.25, -0.2) is 8.42 Å². The Hall–Kier alpha value is -3.38. The number of hydrogen-bond acceptors (Lipinski definition) is 4. The zero-order valence-corrected chi connectivity index (χ0v) is 18.6. The standard InChI is InChI=1S/C26H27NO4S/c28-26(27-17-8-18-32(29,30)21-24-11-5-2-6-12-24)16-15-22-13-7-14-25(19-22)31-20-23-9-3-1-4-10-23/h1-7,9-16,19H,8,17-18,20-21H2,(H,27,28). The molecule has 32 heavy (non-hydrogen) atoms. The van der Waals surface area contributed by atoms with Crippen molar-refractivity contribution in [1.29, 1.82) is 0 Å². The molecule has 6 heteroatoms. The van der Waals surface area contributed by atoms with Gasteiger partial charge in [0.05, 0.1) is 11.5 Å². The topological polar surface area (TPSA) is 72.5 Å². The average molecular weight is 450 g/mol. The van der Waals surface area contributed by atoms with Gasteiger partial charge >= 0.3 is 0 Å². The summed E-state index contributed by atoms with van der Waals surface area (Å²) in [6.45, 7) is 0.777. The molecule has 5 nitrogen and oxygen atoms in total. The van der Waals surface area contributed by atoms with Gasteiger partial charge in [0.2, 0.25) is 5.91 Å². The molecular formula is C26H27NO4S. The minimum absolute atomic E-state index is 0.0182. The number of amides is 1.